The summed E-state index contributed by atoms with van der Waals surface area (Å²) in [5.41, 5.74) is 5.97. The molecule has 142 valence electrons. The number of hydrogen-bond acceptors (Lipinski definition) is 3. The number of alkyl halides is 3. The Kier molecular flexibility index (Phi) is 10.9. The van der Waals surface area contributed by atoms with E-state index in [2.05, 4.69) is 5.32 Å². The molecule has 0 spiro atoms. The van der Waals surface area contributed by atoms with Crippen molar-refractivity contribution in [3.8, 4) is 0 Å². The molecule has 1 rings (SSSR count). The lowest BCUT2D eigenvalue weighted by atomic mass is 10.1. The first-order valence-corrected chi connectivity index (χ1v) is 7.77. The molecule has 2 amide bonds. The summed E-state index contributed by atoms with van der Waals surface area (Å²) in [6.45, 7) is -0.733. The quantitative estimate of drug-likeness (QED) is 0.574. The third-order valence-corrected chi connectivity index (χ3v) is 3.24. The van der Waals surface area contributed by atoms with Crippen LogP contribution < -0.4 is 16.4 Å². The smallest absolute Gasteiger partial charge is 0.343 e. The Hall–Kier alpha value is -1.80. The van der Waals surface area contributed by atoms with Gasteiger partial charge in [0.2, 0.25) is 5.91 Å². The van der Waals surface area contributed by atoms with Gasteiger partial charge >= 0.3 is 6.18 Å². The van der Waals surface area contributed by atoms with Crippen molar-refractivity contribution in [2.75, 3.05) is 18.4 Å². The minimum Gasteiger partial charge on any atom is -0.343 e. The predicted octanol–water partition coefficient (Wildman–Crippen LogP) is 3.25. The van der Waals surface area contributed by atoms with Crippen molar-refractivity contribution < 1.29 is 22.8 Å². The Morgan fingerprint density at radius 3 is 2.16 bits per heavy atom. The number of hydrogen-bond donors (Lipinski definition) is 3. The Labute approximate surface area is 150 Å². The third kappa shape index (κ3) is 10.6. The molecule has 1 aromatic carbocycles. The molecule has 4 N–H and O–H groups in total. The summed E-state index contributed by atoms with van der Waals surface area (Å²) < 4.78 is 36.1. The van der Waals surface area contributed by atoms with Crippen molar-refractivity contribution in [2.45, 2.75) is 38.3 Å². The maximum absolute atomic E-state index is 12.0. The fourth-order valence-electron chi connectivity index (χ4n) is 1.99. The predicted molar refractivity (Wildman–Crippen MR) is 92.8 cm³/mol. The van der Waals surface area contributed by atoms with Crippen molar-refractivity contribution in [3.63, 3.8) is 0 Å². The zero-order valence-electron chi connectivity index (χ0n) is 13.7. The summed E-state index contributed by atoms with van der Waals surface area (Å²) in [7, 11) is 0. The topological polar surface area (TPSA) is 84.2 Å². The minimum absolute atomic E-state index is 0. The van der Waals surface area contributed by atoms with Gasteiger partial charge in [-0.1, -0.05) is 12.8 Å². The molecule has 1 aromatic rings. The summed E-state index contributed by atoms with van der Waals surface area (Å²) in [6, 6.07) is 5.69. The molecule has 0 bridgehead atoms. The number of halogens is 4. The maximum Gasteiger partial charge on any atom is 0.405 e. The number of carbonyl (C=O) groups excluding carboxylic acids is 2. The average Bonchev–Trinajstić information content (AvgIpc) is 2.52. The minimum atomic E-state index is -4.45. The van der Waals surface area contributed by atoms with Gasteiger partial charge in [-0.05, 0) is 43.7 Å². The largest absolute Gasteiger partial charge is 0.405 e. The van der Waals surface area contributed by atoms with Crippen molar-refractivity contribution in [1.29, 1.82) is 0 Å². The molecular formula is C16H23ClF3N3O2. The van der Waals surface area contributed by atoms with Crippen LogP contribution in [0, 0.1) is 0 Å². The highest BCUT2D eigenvalue weighted by molar-refractivity contribution is 5.95. The van der Waals surface area contributed by atoms with Crippen LogP contribution in [0.15, 0.2) is 24.3 Å². The second-order valence-electron chi connectivity index (χ2n) is 5.38. The molecule has 0 heterocycles. The van der Waals surface area contributed by atoms with Crippen LogP contribution in [-0.2, 0) is 4.79 Å². The normalized spacial score (nSPS) is 10.7. The molecule has 0 aromatic heterocycles. The Bertz CT molecular complexity index is 536. The number of anilines is 1. The lowest BCUT2D eigenvalue weighted by Gasteiger charge is -2.09. The summed E-state index contributed by atoms with van der Waals surface area (Å²) in [4.78, 5) is 23.3. The highest BCUT2D eigenvalue weighted by Crippen LogP contribution is 2.14. The number of amides is 2. The molecule has 5 nitrogen and oxygen atoms in total. The number of unbranched alkanes of at least 4 members (excludes halogenated alkanes) is 3. The number of rotatable bonds is 9. The molecule has 0 saturated carbocycles. The van der Waals surface area contributed by atoms with Gasteiger partial charge in [-0.15, -0.1) is 12.4 Å². The maximum atomic E-state index is 12.0. The molecule has 0 atom stereocenters. The summed E-state index contributed by atoms with van der Waals surface area (Å²) in [5.74, 6) is -0.956. The molecule has 0 aliphatic rings. The van der Waals surface area contributed by atoms with E-state index in [0.717, 1.165) is 25.7 Å². The first kappa shape index (κ1) is 23.2. The first-order valence-electron chi connectivity index (χ1n) is 7.77. The van der Waals surface area contributed by atoms with Crippen molar-refractivity contribution in [2.24, 2.45) is 5.73 Å². The van der Waals surface area contributed by atoms with E-state index in [1.807, 2.05) is 0 Å². The molecule has 0 unspecified atom stereocenters. The van der Waals surface area contributed by atoms with E-state index in [4.69, 9.17) is 5.73 Å². The van der Waals surface area contributed by atoms with Crippen LogP contribution in [0.1, 0.15) is 42.5 Å². The molecule has 0 fully saturated rings. The van der Waals surface area contributed by atoms with Gasteiger partial charge < -0.3 is 16.4 Å². The van der Waals surface area contributed by atoms with Gasteiger partial charge in [-0.25, -0.2) is 0 Å². The SMILES string of the molecule is Cl.NCCCCCCC(=O)Nc1ccc(C(=O)NCC(F)(F)F)cc1. The van der Waals surface area contributed by atoms with Gasteiger partial charge in [-0.3, -0.25) is 9.59 Å². The van der Waals surface area contributed by atoms with E-state index in [1.54, 1.807) is 5.32 Å². The standard InChI is InChI=1S/C16H22F3N3O2.ClH/c17-16(18,19)11-21-15(24)12-6-8-13(9-7-12)22-14(23)5-3-1-2-4-10-20;/h6-9H,1-5,10-11,20H2,(H,21,24)(H,22,23);1H. The molecule has 9 heteroatoms. The van der Waals surface area contributed by atoms with Crippen LogP contribution in [0.4, 0.5) is 18.9 Å². The van der Waals surface area contributed by atoms with E-state index in [0.29, 0.717) is 18.7 Å². The van der Waals surface area contributed by atoms with Crippen LogP contribution in [-0.4, -0.2) is 31.1 Å². The summed E-state index contributed by atoms with van der Waals surface area (Å²) in [5, 5.41) is 4.46. The molecule has 0 aliphatic carbocycles. The molecule has 25 heavy (non-hydrogen) atoms. The van der Waals surface area contributed by atoms with Gasteiger partial charge in [0.05, 0.1) is 0 Å². The van der Waals surface area contributed by atoms with Gasteiger partial charge in [0.1, 0.15) is 6.54 Å². The third-order valence-electron chi connectivity index (χ3n) is 3.24. The molecule has 0 aliphatic heterocycles. The molecule has 0 saturated heterocycles. The van der Waals surface area contributed by atoms with Gasteiger partial charge in [0.15, 0.2) is 0 Å². The zero-order chi connectivity index (χ0) is 18.0. The highest BCUT2D eigenvalue weighted by atomic mass is 35.5. The zero-order valence-corrected chi connectivity index (χ0v) is 14.5. The lowest BCUT2D eigenvalue weighted by molar-refractivity contribution is -0.123. The van der Waals surface area contributed by atoms with Crippen molar-refractivity contribution in [1.82, 2.24) is 5.32 Å². The van der Waals surface area contributed by atoms with E-state index in [-0.39, 0.29) is 23.9 Å². The van der Waals surface area contributed by atoms with Crippen LogP contribution in [0.3, 0.4) is 0 Å². The Balaban J connectivity index is 0.00000576. The van der Waals surface area contributed by atoms with E-state index < -0.39 is 18.6 Å². The number of benzene rings is 1. The monoisotopic (exact) mass is 381 g/mol. The second kappa shape index (κ2) is 11.7. The fourth-order valence-corrected chi connectivity index (χ4v) is 1.99. The van der Waals surface area contributed by atoms with E-state index in [1.165, 1.54) is 24.3 Å². The lowest BCUT2D eigenvalue weighted by Crippen LogP contribution is -2.33. The number of carbonyl (C=O) groups is 2. The summed E-state index contributed by atoms with van der Waals surface area (Å²) >= 11 is 0. The molecule has 0 radical (unpaired) electrons. The average molecular weight is 382 g/mol. The highest BCUT2D eigenvalue weighted by Gasteiger charge is 2.27. The van der Waals surface area contributed by atoms with E-state index >= 15 is 0 Å². The fraction of sp³-hybridized carbons (Fsp3) is 0.500. The number of nitrogens with one attached hydrogen (secondary N) is 2. The Morgan fingerprint density at radius 1 is 1.00 bits per heavy atom. The molecular weight excluding hydrogens is 359 g/mol. The van der Waals surface area contributed by atoms with Gasteiger partial charge in [0, 0.05) is 17.7 Å². The Morgan fingerprint density at radius 2 is 1.60 bits per heavy atom. The van der Waals surface area contributed by atoms with Gasteiger partial charge in [0.25, 0.3) is 5.91 Å². The summed E-state index contributed by atoms with van der Waals surface area (Å²) in [6.07, 6.45) is -0.427. The van der Waals surface area contributed by atoms with Crippen LogP contribution in [0.25, 0.3) is 0 Å². The van der Waals surface area contributed by atoms with Crippen LogP contribution >= 0.6 is 12.4 Å². The van der Waals surface area contributed by atoms with Crippen molar-refractivity contribution >= 4 is 29.9 Å². The van der Waals surface area contributed by atoms with Gasteiger partial charge in [-0.2, -0.15) is 13.2 Å². The van der Waals surface area contributed by atoms with Crippen molar-refractivity contribution in [3.05, 3.63) is 29.8 Å². The first-order chi connectivity index (χ1) is 11.3. The second-order valence-corrected chi connectivity index (χ2v) is 5.38. The van der Waals surface area contributed by atoms with Crippen LogP contribution in [0.2, 0.25) is 0 Å². The van der Waals surface area contributed by atoms with E-state index in [9.17, 15) is 22.8 Å². The number of nitrogens with two attached hydrogens (primary N) is 1. The van der Waals surface area contributed by atoms with Crippen LogP contribution in [0.5, 0.6) is 0 Å².